The molecule has 0 aromatic heterocycles. The SMILES string of the molecule is O=C1c2ccccc2C(=O)N1CCCCCCCC[P+](c1ccccc1)(c1ccccc1)c1ccccc1. The Morgan fingerprint density at radius 2 is 0.816 bits per heavy atom. The minimum absolute atomic E-state index is 0.145. The number of carbonyl (C=O) groups is 2. The Morgan fingerprint density at radius 1 is 0.447 bits per heavy atom. The largest absolute Gasteiger partial charge is 0.274 e. The molecule has 0 bridgehead atoms. The second kappa shape index (κ2) is 12.3. The first kappa shape index (κ1) is 26.1. The highest BCUT2D eigenvalue weighted by atomic mass is 31.2. The molecular weight excluding hydrogens is 485 g/mol. The van der Waals surface area contributed by atoms with Crippen LogP contribution in [0.2, 0.25) is 0 Å². The fourth-order valence-corrected chi connectivity index (χ4v) is 10.1. The number of unbranched alkanes of at least 4 members (excludes halogenated alkanes) is 5. The number of fused-ring (bicyclic) bond motifs is 1. The second-order valence-corrected chi connectivity index (χ2v) is 13.6. The summed E-state index contributed by atoms with van der Waals surface area (Å²) in [5, 5.41) is 4.33. The van der Waals surface area contributed by atoms with E-state index < -0.39 is 7.26 Å². The summed E-state index contributed by atoms with van der Waals surface area (Å²) in [4.78, 5) is 26.6. The molecule has 0 atom stereocenters. The summed E-state index contributed by atoms with van der Waals surface area (Å²) < 4.78 is 0. The van der Waals surface area contributed by atoms with Crippen molar-refractivity contribution in [3.63, 3.8) is 0 Å². The smallest absolute Gasteiger partial charge is 0.261 e. The molecule has 0 saturated heterocycles. The molecule has 0 saturated carbocycles. The number of nitrogens with zero attached hydrogens (tertiary/aromatic N) is 1. The van der Waals surface area contributed by atoms with Crippen molar-refractivity contribution in [1.29, 1.82) is 0 Å². The molecule has 0 unspecified atom stereocenters. The predicted molar refractivity (Wildman–Crippen MR) is 160 cm³/mol. The minimum Gasteiger partial charge on any atom is -0.274 e. The first-order chi connectivity index (χ1) is 18.7. The van der Waals surface area contributed by atoms with E-state index in [-0.39, 0.29) is 11.8 Å². The Balaban J connectivity index is 1.18. The zero-order valence-electron chi connectivity index (χ0n) is 21.8. The summed E-state index contributed by atoms with van der Waals surface area (Å²) >= 11 is 0. The van der Waals surface area contributed by atoms with Crippen LogP contribution in [0.5, 0.6) is 0 Å². The number of amides is 2. The topological polar surface area (TPSA) is 37.4 Å². The molecule has 2 amide bonds. The molecule has 4 aromatic carbocycles. The molecule has 0 aliphatic carbocycles. The Bertz CT molecular complexity index is 1220. The van der Waals surface area contributed by atoms with E-state index >= 15 is 0 Å². The molecule has 0 radical (unpaired) electrons. The number of hydrogen-bond acceptors (Lipinski definition) is 2. The highest BCUT2D eigenvalue weighted by Crippen LogP contribution is 2.56. The van der Waals surface area contributed by atoms with Crippen molar-refractivity contribution < 1.29 is 9.59 Å². The van der Waals surface area contributed by atoms with Crippen molar-refractivity contribution in [2.45, 2.75) is 38.5 Å². The van der Waals surface area contributed by atoms with Gasteiger partial charge in [-0.3, -0.25) is 14.5 Å². The van der Waals surface area contributed by atoms with Gasteiger partial charge in [-0.15, -0.1) is 0 Å². The highest BCUT2D eigenvalue weighted by molar-refractivity contribution is 7.95. The molecule has 4 heteroatoms. The molecule has 1 aliphatic rings. The molecule has 0 N–H and O–H groups in total. The van der Waals surface area contributed by atoms with E-state index in [0.717, 1.165) is 25.4 Å². The summed E-state index contributed by atoms with van der Waals surface area (Å²) in [6.45, 7) is 0.511. The van der Waals surface area contributed by atoms with Gasteiger partial charge in [-0.1, -0.05) is 86.0 Å². The van der Waals surface area contributed by atoms with Crippen LogP contribution in [0.3, 0.4) is 0 Å². The van der Waals surface area contributed by atoms with E-state index in [9.17, 15) is 9.59 Å². The van der Waals surface area contributed by atoms with E-state index in [1.165, 1.54) is 40.1 Å². The molecule has 1 aliphatic heterocycles. The van der Waals surface area contributed by atoms with Crippen LogP contribution in [-0.2, 0) is 0 Å². The summed E-state index contributed by atoms with van der Waals surface area (Å²) in [6, 6.07) is 40.4. The Hall–Kier alpha value is -3.55. The van der Waals surface area contributed by atoms with E-state index in [4.69, 9.17) is 0 Å². The number of benzene rings is 4. The fourth-order valence-electron chi connectivity index (χ4n) is 5.65. The average Bonchev–Trinajstić information content (AvgIpc) is 3.23. The van der Waals surface area contributed by atoms with Gasteiger partial charge in [-0.25, -0.2) is 0 Å². The maximum Gasteiger partial charge on any atom is 0.261 e. The van der Waals surface area contributed by atoms with E-state index in [2.05, 4.69) is 91.0 Å². The third-order valence-electron chi connectivity index (χ3n) is 7.59. The normalized spacial score (nSPS) is 13.1. The summed E-state index contributed by atoms with van der Waals surface area (Å²) in [6.07, 6.45) is 7.69. The summed E-state index contributed by atoms with van der Waals surface area (Å²) in [5.41, 5.74) is 1.08. The van der Waals surface area contributed by atoms with Crippen LogP contribution in [0.4, 0.5) is 0 Å². The van der Waals surface area contributed by atoms with Gasteiger partial charge in [-0.2, -0.15) is 0 Å². The van der Waals surface area contributed by atoms with Crippen LogP contribution in [0.15, 0.2) is 115 Å². The maximum absolute atomic E-state index is 12.6. The third-order valence-corrected chi connectivity index (χ3v) is 12.1. The minimum atomic E-state index is -1.75. The lowest BCUT2D eigenvalue weighted by Gasteiger charge is -2.27. The van der Waals surface area contributed by atoms with Gasteiger partial charge in [0, 0.05) is 6.54 Å². The van der Waals surface area contributed by atoms with Gasteiger partial charge in [0.25, 0.3) is 11.8 Å². The molecule has 38 heavy (non-hydrogen) atoms. The third kappa shape index (κ3) is 5.35. The average molecular weight is 521 g/mol. The second-order valence-electron chi connectivity index (χ2n) is 9.97. The van der Waals surface area contributed by atoms with Crippen molar-refractivity contribution in [2.75, 3.05) is 12.7 Å². The van der Waals surface area contributed by atoms with Gasteiger partial charge in [0.15, 0.2) is 0 Å². The van der Waals surface area contributed by atoms with Crippen molar-refractivity contribution in [2.24, 2.45) is 0 Å². The quantitative estimate of drug-likeness (QED) is 0.120. The number of imide groups is 1. The van der Waals surface area contributed by atoms with Gasteiger partial charge >= 0.3 is 0 Å². The molecule has 192 valence electrons. The van der Waals surface area contributed by atoms with Gasteiger partial charge in [0.2, 0.25) is 0 Å². The molecule has 0 spiro atoms. The predicted octanol–water partition coefficient (Wildman–Crippen LogP) is 6.62. The maximum atomic E-state index is 12.6. The number of carbonyl (C=O) groups excluding carboxylic acids is 2. The first-order valence-corrected chi connectivity index (χ1v) is 15.7. The Labute approximate surface area is 226 Å². The van der Waals surface area contributed by atoms with Crippen LogP contribution in [-0.4, -0.2) is 29.4 Å². The van der Waals surface area contributed by atoms with E-state index in [1.54, 1.807) is 12.1 Å². The molecule has 0 fully saturated rings. The summed E-state index contributed by atoms with van der Waals surface area (Å²) in [5.74, 6) is -0.290. The van der Waals surface area contributed by atoms with Crippen LogP contribution in [0.25, 0.3) is 0 Å². The van der Waals surface area contributed by atoms with Crippen molar-refractivity contribution in [3.8, 4) is 0 Å². The van der Waals surface area contributed by atoms with Crippen LogP contribution in [0, 0.1) is 0 Å². The Morgan fingerprint density at radius 3 is 1.26 bits per heavy atom. The van der Waals surface area contributed by atoms with E-state index in [0.29, 0.717) is 17.7 Å². The van der Waals surface area contributed by atoms with Crippen LogP contribution in [0.1, 0.15) is 59.2 Å². The monoisotopic (exact) mass is 520 g/mol. The van der Waals surface area contributed by atoms with Gasteiger partial charge < -0.3 is 0 Å². The van der Waals surface area contributed by atoms with Crippen LogP contribution >= 0.6 is 7.26 Å². The van der Waals surface area contributed by atoms with Crippen molar-refractivity contribution >= 4 is 35.0 Å². The molecular formula is C34H35NO2P+. The molecule has 3 nitrogen and oxygen atoms in total. The van der Waals surface area contributed by atoms with Crippen molar-refractivity contribution in [1.82, 2.24) is 4.90 Å². The number of hydrogen-bond donors (Lipinski definition) is 0. The fraction of sp³-hybridized carbons (Fsp3) is 0.235. The first-order valence-electron chi connectivity index (χ1n) is 13.7. The molecule has 4 aromatic rings. The lowest BCUT2D eigenvalue weighted by atomic mass is 10.1. The van der Waals surface area contributed by atoms with Crippen molar-refractivity contribution in [3.05, 3.63) is 126 Å². The zero-order chi connectivity index (χ0) is 26.2. The lowest BCUT2D eigenvalue weighted by molar-refractivity contribution is 0.0651. The summed E-state index contributed by atoms with van der Waals surface area (Å²) in [7, 11) is -1.75. The standard InChI is InChI=1S/C34H35NO2P/c36-33-31-24-14-15-25-32(31)34(37)35(33)26-16-3-1-2-4-17-27-38(28-18-8-5-9-19-28,29-20-10-6-11-21-29)30-22-12-7-13-23-30/h5-15,18-25H,1-4,16-17,26-27H2/q+1. The molecule has 5 rings (SSSR count). The van der Waals surface area contributed by atoms with Gasteiger partial charge in [0.05, 0.1) is 17.3 Å². The molecule has 1 heterocycles. The Kier molecular flexibility index (Phi) is 8.46. The lowest BCUT2D eigenvalue weighted by Crippen LogP contribution is -2.33. The number of rotatable bonds is 12. The van der Waals surface area contributed by atoms with Gasteiger partial charge in [0.1, 0.15) is 23.2 Å². The van der Waals surface area contributed by atoms with Crippen LogP contribution < -0.4 is 15.9 Å². The highest BCUT2D eigenvalue weighted by Gasteiger charge is 2.44. The van der Waals surface area contributed by atoms with E-state index in [1.807, 2.05) is 12.1 Å². The van der Waals surface area contributed by atoms with Gasteiger partial charge in [-0.05, 0) is 67.8 Å². The zero-order valence-corrected chi connectivity index (χ0v) is 22.7.